The Morgan fingerprint density at radius 3 is 0.156 bits per heavy atom. The molecule has 0 aromatic carbocycles. The van der Waals surface area contributed by atoms with Gasteiger partial charge in [-0.15, -0.1) is 0 Å². The van der Waals surface area contributed by atoms with E-state index in [9.17, 15) is 0 Å². The third kappa shape index (κ3) is 124000. The van der Waals surface area contributed by atoms with Gasteiger partial charge in [0.05, 0.1) is 0 Å². The molecule has 0 aliphatic rings. The van der Waals surface area contributed by atoms with Crippen molar-refractivity contribution in [2.24, 2.45) is 0 Å². The molecule has 32 heavy (non-hydrogen) atoms. The van der Waals surface area contributed by atoms with Crippen LogP contribution in [0.4, 0.5) is 0 Å². The average Bonchev–Trinajstić information content (AvgIpc) is 2.30. The lowest BCUT2D eigenvalue weighted by atomic mass is 10.3. The predicted molar refractivity (Wildman–Crippen MR) is 54.9 cm³/mol. The second-order valence-corrected chi connectivity index (χ2v) is 2.31. The Balaban J connectivity index is -0.0000000114. The van der Waals surface area contributed by atoms with Crippen LogP contribution in [0.25, 0.3) is 0 Å². The minimum atomic E-state index is -2.92. The normalized spacial score (nSPS) is 6.75. The zero-order valence-corrected chi connectivity index (χ0v) is 14.4. The summed E-state index contributed by atoms with van der Waals surface area (Å²) in [6.07, 6.45) is 0. The molecule has 0 fully saturated rings. The maximum absolute atomic E-state index is 8.42. The molecule has 0 radical (unpaired) electrons. The molecule has 0 heterocycles. The Hall–Kier alpha value is -0.441. The molecule has 0 unspecified atom stereocenters. The van der Waals surface area contributed by atoms with Crippen molar-refractivity contribution in [1.29, 1.82) is 0 Å². The molecule has 24 nitrogen and oxygen atoms in total. The fraction of sp³-hybridized carbons (Fsp3) is 0. The molecule has 0 aromatic heterocycles. The Morgan fingerprint density at radius 2 is 0.156 bits per heavy atom. The van der Waals surface area contributed by atoms with Gasteiger partial charge in [0, 0.05) is 0 Å². The van der Waals surface area contributed by atoms with Gasteiger partial charge in [0.15, 0.2) is 0 Å². The lowest BCUT2D eigenvalue weighted by molar-refractivity contribution is -0.481. The molecular weight excluding hydrogens is 470 g/mol. The van der Waals surface area contributed by atoms with Gasteiger partial charge in [-0.25, -0.2) is 0 Å². The van der Waals surface area contributed by atoms with E-state index in [1.165, 1.54) is 0 Å². The van der Waals surface area contributed by atoms with Gasteiger partial charge in [0.1, 0.15) is 0 Å². The van der Waals surface area contributed by atoms with Crippen LogP contribution in [0, 0.1) is 0 Å². The molecule has 0 aliphatic heterocycles. The molecule has 0 aromatic rings. The largest absolute Gasteiger partial charge is 1.00 e. The van der Waals surface area contributed by atoms with Gasteiger partial charge in [-0.3, -0.25) is 58.6 Å². The smallest absolute Gasteiger partial charge is 0.907 e. The summed E-state index contributed by atoms with van der Waals surface area (Å²) < 4.78 is 0. The van der Waals surface area contributed by atoms with E-state index in [2.05, 4.69) is 0 Å². The Morgan fingerprint density at radius 1 is 0.156 bits per heavy atom. The van der Waals surface area contributed by atoms with Gasteiger partial charge in [-0.2, -0.15) is 0 Å². The molecular formula is H8B8O24-16. The number of hydrogen-bond donors (Lipinski definition) is 0. The third-order valence-electron chi connectivity index (χ3n) is 0. The maximum atomic E-state index is 8.42. The van der Waals surface area contributed by atoms with Crippen molar-refractivity contribution < 1.29 is 132 Å². The van der Waals surface area contributed by atoms with Gasteiger partial charge >= 0.3 is 11.4 Å². The van der Waals surface area contributed by atoms with E-state index in [4.69, 9.17) is 121 Å². The highest BCUT2D eigenvalue weighted by Crippen LogP contribution is 1.02. The van der Waals surface area contributed by atoms with E-state index < -0.39 is 58.6 Å². The molecule has 0 amide bonds. The average molecular weight is 479 g/mol. The summed E-state index contributed by atoms with van der Waals surface area (Å²) in [5, 5.41) is 202. The zero-order valence-electron chi connectivity index (χ0n) is 22.4. The van der Waals surface area contributed by atoms with Gasteiger partial charge in [0.25, 0.3) is 0 Å². The highest BCUT2D eigenvalue weighted by molar-refractivity contribution is 6.25. The Labute approximate surface area is 192 Å². The van der Waals surface area contributed by atoms with Crippen LogP contribution in [0.15, 0.2) is 0 Å². The fourth-order valence-corrected chi connectivity index (χ4v) is 0. The highest BCUT2D eigenvalue weighted by Gasteiger charge is 1.19. The van der Waals surface area contributed by atoms with Crippen molar-refractivity contribution in [3.8, 4) is 0 Å². The van der Waals surface area contributed by atoms with Gasteiger partial charge < -0.3 is 121 Å². The molecule has 0 rings (SSSR count). The molecule has 192 valence electrons. The zero-order chi connectivity index (χ0) is 28.6. The molecule has 0 N–H and O–H groups in total. The Bertz CT molecular complexity index is 165. The SMILES string of the molecule is [H+].[H+].[H+].[H+].[H+].[H+].[H+].[H+].[O-]B([O-])[O-].[O-]B([O-])[O-].[O-]B([O-])[O-].[O-]B([O-])[O-].[O-]B([O-])[O-].[O-]B([O-])[O-].[O-]B([O-])[O-].[O-]B([O-])[O-]. The highest BCUT2D eigenvalue weighted by atomic mass is 16.6. The van der Waals surface area contributed by atoms with E-state index in [1.807, 2.05) is 0 Å². The van der Waals surface area contributed by atoms with Crippen LogP contribution in [0.2, 0.25) is 0 Å². The summed E-state index contributed by atoms with van der Waals surface area (Å²) in [4.78, 5) is 0. The molecule has 0 saturated carbocycles. The van der Waals surface area contributed by atoms with Crippen LogP contribution in [-0.2, 0) is 0 Å². The lowest BCUT2D eigenvalue weighted by Crippen LogP contribution is -2.56. The molecule has 0 bridgehead atoms. The molecule has 0 atom stereocenters. The van der Waals surface area contributed by atoms with Crippen molar-refractivity contribution in [3.63, 3.8) is 0 Å². The van der Waals surface area contributed by atoms with Crippen molar-refractivity contribution >= 4 is 58.6 Å². The van der Waals surface area contributed by atoms with Crippen molar-refractivity contribution in [2.75, 3.05) is 0 Å². The van der Waals surface area contributed by atoms with Crippen LogP contribution in [0.5, 0.6) is 0 Å². The Kier molecular flexibility index (Phi) is 79.8. The lowest BCUT2D eigenvalue weighted by Gasteiger charge is -2.35. The molecule has 0 aliphatic carbocycles. The van der Waals surface area contributed by atoms with E-state index in [-0.39, 0.29) is 11.4 Å². The molecule has 0 spiro atoms. The van der Waals surface area contributed by atoms with Crippen LogP contribution in [0.3, 0.4) is 0 Å². The maximum Gasteiger partial charge on any atom is 1.00 e. The summed E-state index contributed by atoms with van der Waals surface area (Å²) >= 11 is 0. The molecule has 0 saturated heterocycles. The summed E-state index contributed by atoms with van der Waals surface area (Å²) in [7, 11) is -23.3. The first kappa shape index (κ1) is 53.1. The van der Waals surface area contributed by atoms with Gasteiger partial charge in [0.2, 0.25) is 0 Å². The van der Waals surface area contributed by atoms with Gasteiger partial charge in [-0.1, -0.05) is 0 Å². The topological polar surface area (TPSA) is 553 Å². The summed E-state index contributed by atoms with van der Waals surface area (Å²) in [5.74, 6) is 0. The van der Waals surface area contributed by atoms with E-state index in [0.717, 1.165) is 0 Å². The van der Waals surface area contributed by atoms with Crippen molar-refractivity contribution in [1.82, 2.24) is 0 Å². The second kappa shape index (κ2) is 48.1. The van der Waals surface area contributed by atoms with Crippen molar-refractivity contribution in [2.45, 2.75) is 0 Å². The summed E-state index contributed by atoms with van der Waals surface area (Å²) in [6.45, 7) is 0. The number of hydrogen-bond acceptors (Lipinski definition) is 24. The summed E-state index contributed by atoms with van der Waals surface area (Å²) in [5.41, 5.74) is 0. The van der Waals surface area contributed by atoms with Crippen LogP contribution < -0.4 is 121 Å². The number of rotatable bonds is 0. The minimum Gasteiger partial charge on any atom is -0.907 e. The van der Waals surface area contributed by atoms with E-state index in [1.54, 1.807) is 0 Å². The standard InChI is InChI=1S/8BO3/c8*2-1(3)4/q8*-3/p+8. The van der Waals surface area contributed by atoms with Gasteiger partial charge in [-0.05, 0) is 0 Å². The first-order valence-corrected chi connectivity index (χ1v) is 5.66. The van der Waals surface area contributed by atoms with E-state index in [0.29, 0.717) is 0 Å². The second-order valence-electron chi connectivity index (χ2n) is 2.31. The van der Waals surface area contributed by atoms with Crippen LogP contribution >= 0.6 is 0 Å². The first-order valence-electron chi connectivity index (χ1n) is 5.66. The molecule has 32 heteroatoms. The monoisotopic (exact) mass is 480 g/mol. The minimum absolute atomic E-state index is 0. The quantitative estimate of drug-likeness (QED) is 0.291. The van der Waals surface area contributed by atoms with E-state index >= 15 is 0 Å². The fourth-order valence-electron chi connectivity index (χ4n) is 0. The summed E-state index contributed by atoms with van der Waals surface area (Å²) in [6, 6.07) is 0. The van der Waals surface area contributed by atoms with Crippen LogP contribution in [-0.4, -0.2) is 58.6 Å². The van der Waals surface area contributed by atoms with Crippen LogP contribution in [0.1, 0.15) is 11.4 Å². The van der Waals surface area contributed by atoms with Crippen molar-refractivity contribution in [3.05, 3.63) is 0 Å². The third-order valence-corrected chi connectivity index (χ3v) is 0. The predicted octanol–water partition coefficient (Wildman–Crippen LogP) is -30.7. The first-order chi connectivity index (χ1) is 13.9.